The van der Waals surface area contributed by atoms with Gasteiger partial charge in [-0.15, -0.1) is 0 Å². The lowest BCUT2D eigenvalue weighted by atomic mass is 10.2. The minimum Gasteiger partial charge on any atom is -0.444 e. The Balaban J connectivity index is 2.11. The van der Waals surface area contributed by atoms with Crippen LogP contribution in [0, 0.1) is 6.92 Å². The monoisotopic (exact) mass is 440 g/mol. The van der Waals surface area contributed by atoms with E-state index < -0.39 is 17.4 Å². The second-order valence-corrected chi connectivity index (χ2v) is 7.80. The van der Waals surface area contributed by atoms with Crippen molar-refractivity contribution in [2.24, 2.45) is 0 Å². The fraction of sp³-hybridized carbons (Fsp3) is 0.389. The van der Waals surface area contributed by atoms with Gasteiger partial charge in [0.1, 0.15) is 11.9 Å². The SMILES string of the molecule is Cc1c(Br)cccc1-n1cnn(CC(=CF)CNC(=O)OC(C)(C)C)c1=O. The van der Waals surface area contributed by atoms with Gasteiger partial charge in [0.05, 0.1) is 18.6 Å². The Hall–Kier alpha value is -2.42. The zero-order chi connectivity index (χ0) is 20.2. The molecular formula is C18H22BrFN4O3. The highest BCUT2D eigenvalue weighted by Gasteiger charge is 2.17. The normalized spacial score (nSPS) is 12.1. The molecule has 27 heavy (non-hydrogen) atoms. The number of nitrogens with zero attached hydrogens (tertiary/aromatic N) is 3. The summed E-state index contributed by atoms with van der Waals surface area (Å²) >= 11 is 3.43. The first-order valence-electron chi connectivity index (χ1n) is 8.27. The number of alkyl carbamates (subject to hydrolysis) is 1. The van der Waals surface area contributed by atoms with Gasteiger partial charge in [0.2, 0.25) is 0 Å². The lowest BCUT2D eigenvalue weighted by Gasteiger charge is -2.19. The van der Waals surface area contributed by atoms with Crippen molar-refractivity contribution in [2.45, 2.75) is 39.8 Å². The second kappa shape index (κ2) is 8.51. The molecule has 0 unspecified atom stereocenters. The Kier molecular flexibility index (Phi) is 6.59. The largest absolute Gasteiger partial charge is 0.444 e. The molecule has 146 valence electrons. The number of hydrogen-bond donors (Lipinski definition) is 1. The van der Waals surface area contributed by atoms with E-state index in [9.17, 15) is 14.0 Å². The molecule has 2 rings (SSSR count). The van der Waals surface area contributed by atoms with Crippen molar-refractivity contribution in [3.63, 3.8) is 0 Å². The molecule has 0 atom stereocenters. The number of hydrogen-bond acceptors (Lipinski definition) is 4. The fourth-order valence-corrected chi connectivity index (χ4v) is 2.64. The minimum atomic E-state index is -0.663. The lowest BCUT2D eigenvalue weighted by molar-refractivity contribution is 0.0532. The van der Waals surface area contributed by atoms with Crippen LogP contribution in [0.3, 0.4) is 0 Å². The Morgan fingerprint density at radius 1 is 1.41 bits per heavy atom. The summed E-state index contributed by atoms with van der Waals surface area (Å²) in [5, 5.41) is 6.50. The highest BCUT2D eigenvalue weighted by molar-refractivity contribution is 9.10. The predicted molar refractivity (Wildman–Crippen MR) is 104 cm³/mol. The van der Waals surface area contributed by atoms with E-state index in [0.717, 1.165) is 14.7 Å². The molecule has 1 aromatic carbocycles. The van der Waals surface area contributed by atoms with E-state index in [1.54, 1.807) is 26.8 Å². The molecule has 0 saturated heterocycles. The topological polar surface area (TPSA) is 78.2 Å². The summed E-state index contributed by atoms with van der Waals surface area (Å²) < 4.78 is 21.7. The van der Waals surface area contributed by atoms with Gasteiger partial charge in [-0.2, -0.15) is 5.10 Å². The molecule has 2 aromatic rings. The maximum atomic E-state index is 13.2. The van der Waals surface area contributed by atoms with Crippen LogP contribution in [0.25, 0.3) is 5.69 Å². The van der Waals surface area contributed by atoms with Gasteiger partial charge in [-0.05, 0) is 51.0 Å². The number of benzene rings is 1. The molecule has 0 bridgehead atoms. The molecule has 9 heteroatoms. The minimum absolute atomic E-state index is 0.0921. The Morgan fingerprint density at radius 2 is 2.11 bits per heavy atom. The molecular weight excluding hydrogens is 419 g/mol. The summed E-state index contributed by atoms with van der Waals surface area (Å²) in [6.07, 6.45) is 1.08. The Morgan fingerprint density at radius 3 is 2.74 bits per heavy atom. The summed E-state index contributed by atoms with van der Waals surface area (Å²) in [5.41, 5.74) is 0.679. The smallest absolute Gasteiger partial charge is 0.407 e. The predicted octanol–water partition coefficient (Wildman–Crippen LogP) is 3.48. The summed E-state index contributed by atoms with van der Waals surface area (Å²) in [6, 6.07) is 5.48. The van der Waals surface area contributed by atoms with Crippen LogP contribution in [0.4, 0.5) is 9.18 Å². The summed E-state index contributed by atoms with van der Waals surface area (Å²) in [4.78, 5) is 24.3. The van der Waals surface area contributed by atoms with Crippen LogP contribution >= 0.6 is 15.9 Å². The van der Waals surface area contributed by atoms with Gasteiger partial charge in [-0.25, -0.2) is 23.2 Å². The van der Waals surface area contributed by atoms with Crippen molar-refractivity contribution in [2.75, 3.05) is 6.54 Å². The van der Waals surface area contributed by atoms with Crippen LogP contribution in [-0.4, -0.2) is 32.6 Å². The van der Waals surface area contributed by atoms with Gasteiger partial charge >= 0.3 is 11.8 Å². The fourth-order valence-electron chi connectivity index (χ4n) is 2.29. The average molecular weight is 441 g/mol. The molecule has 7 nitrogen and oxygen atoms in total. The third-order valence-electron chi connectivity index (χ3n) is 3.60. The average Bonchev–Trinajstić information content (AvgIpc) is 2.93. The number of halogens is 2. The number of carbonyl (C=O) groups excluding carboxylic acids is 1. The maximum absolute atomic E-state index is 13.2. The van der Waals surface area contributed by atoms with E-state index in [2.05, 4.69) is 26.3 Å². The Bertz CT molecular complexity index is 912. The second-order valence-electron chi connectivity index (χ2n) is 6.95. The number of carbonyl (C=O) groups is 1. The van der Waals surface area contributed by atoms with E-state index >= 15 is 0 Å². The van der Waals surface area contributed by atoms with Gasteiger partial charge in [0, 0.05) is 11.0 Å². The van der Waals surface area contributed by atoms with Gasteiger partial charge in [0.25, 0.3) is 0 Å². The maximum Gasteiger partial charge on any atom is 0.407 e. The van der Waals surface area contributed by atoms with Crippen molar-refractivity contribution in [1.29, 1.82) is 0 Å². The van der Waals surface area contributed by atoms with Gasteiger partial charge in [-0.1, -0.05) is 22.0 Å². The molecule has 0 saturated carbocycles. The molecule has 1 amide bonds. The molecule has 1 N–H and O–H groups in total. The molecule has 0 fully saturated rings. The Labute approximate surface area is 165 Å². The van der Waals surface area contributed by atoms with Gasteiger partial charge < -0.3 is 10.1 Å². The van der Waals surface area contributed by atoms with Gasteiger partial charge in [-0.3, -0.25) is 0 Å². The summed E-state index contributed by atoms with van der Waals surface area (Å²) in [6.45, 7) is 6.88. The first-order valence-corrected chi connectivity index (χ1v) is 9.06. The van der Waals surface area contributed by atoms with Crippen LogP contribution in [0.5, 0.6) is 0 Å². The van der Waals surface area contributed by atoms with Crippen LogP contribution in [-0.2, 0) is 11.3 Å². The van der Waals surface area contributed by atoms with Crippen molar-refractivity contribution in [3.8, 4) is 5.69 Å². The molecule has 0 aliphatic rings. The third kappa shape index (κ3) is 5.53. The quantitative estimate of drug-likeness (QED) is 0.771. The van der Waals surface area contributed by atoms with E-state index in [0.29, 0.717) is 12.0 Å². The van der Waals surface area contributed by atoms with E-state index in [1.165, 1.54) is 10.9 Å². The van der Waals surface area contributed by atoms with Crippen LogP contribution < -0.4 is 11.0 Å². The summed E-state index contributed by atoms with van der Waals surface area (Å²) in [5.74, 6) is 0. The molecule has 1 heterocycles. The number of aromatic nitrogens is 3. The first-order chi connectivity index (χ1) is 12.6. The van der Waals surface area contributed by atoms with E-state index in [4.69, 9.17) is 4.74 Å². The zero-order valence-electron chi connectivity index (χ0n) is 15.6. The molecule has 0 spiro atoms. The summed E-state index contributed by atoms with van der Waals surface area (Å²) in [7, 11) is 0. The highest BCUT2D eigenvalue weighted by atomic mass is 79.9. The van der Waals surface area contributed by atoms with Crippen LogP contribution in [0.1, 0.15) is 26.3 Å². The molecule has 0 aliphatic heterocycles. The molecule has 0 aliphatic carbocycles. The van der Waals surface area contributed by atoms with Crippen molar-refractivity contribution >= 4 is 22.0 Å². The number of amides is 1. The molecule has 0 radical (unpaired) electrons. The van der Waals surface area contributed by atoms with Crippen molar-refractivity contribution < 1.29 is 13.9 Å². The number of ether oxygens (including phenoxy) is 1. The van der Waals surface area contributed by atoms with Crippen LogP contribution in [0.15, 0.2) is 45.7 Å². The molecule has 1 aromatic heterocycles. The standard InChI is InChI=1S/C18H22BrFN4O3/c1-12-14(19)6-5-7-15(12)23-11-22-24(17(23)26)10-13(8-20)9-21-16(25)27-18(2,3)4/h5-8,11H,9-10H2,1-4H3,(H,21,25). The van der Waals surface area contributed by atoms with Gasteiger partial charge in [0.15, 0.2) is 0 Å². The number of rotatable bonds is 5. The van der Waals surface area contributed by atoms with E-state index in [-0.39, 0.29) is 18.7 Å². The van der Waals surface area contributed by atoms with E-state index in [1.807, 2.05) is 19.1 Å². The lowest BCUT2D eigenvalue weighted by Crippen LogP contribution is -2.34. The number of nitrogens with one attached hydrogen (secondary N) is 1. The zero-order valence-corrected chi connectivity index (χ0v) is 17.2. The third-order valence-corrected chi connectivity index (χ3v) is 4.46. The van der Waals surface area contributed by atoms with Crippen LogP contribution in [0.2, 0.25) is 0 Å². The van der Waals surface area contributed by atoms with Crippen molar-refractivity contribution in [1.82, 2.24) is 19.7 Å². The highest BCUT2D eigenvalue weighted by Crippen LogP contribution is 2.21. The first kappa shape index (κ1) is 20.9. The van der Waals surface area contributed by atoms with Crippen molar-refractivity contribution in [3.05, 3.63) is 56.9 Å².